The Morgan fingerprint density at radius 3 is 2.72 bits per heavy atom. The molecule has 0 N–H and O–H groups in total. The SMILES string of the molecule is Brc1cccc2c1CCN2CCCN1CCCC1. The molecule has 0 radical (unpaired) electrons. The molecule has 2 heterocycles. The highest BCUT2D eigenvalue weighted by Gasteiger charge is 2.20. The third-order valence-electron chi connectivity index (χ3n) is 4.17. The van der Waals surface area contributed by atoms with Crippen molar-refractivity contribution in [1.82, 2.24) is 4.90 Å². The van der Waals surface area contributed by atoms with E-state index in [1.165, 1.54) is 74.1 Å². The minimum absolute atomic E-state index is 1.19. The molecule has 3 rings (SSSR count). The average Bonchev–Trinajstić information content (AvgIpc) is 3.00. The smallest absolute Gasteiger partial charge is 0.0410 e. The molecule has 0 bridgehead atoms. The minimum Gasteiger partial charge on any atom is -0.371 e. The molecular weight excluding hydrogens is 288 g/mol. The lowest BCUT2D eigenvalue weighted by Gasteiger charge is -2.21. The Morgan fingerprint density at radius 1 is 1.06 bits per heavy atom. The molecule has 0 spiro atoms. The largest absolute Gasteiger partial charge is 0.371 e. The molecule has 0 saturated carbocycles. The maximum atomic E-state index is 3.66. The van der Waals surface area contributed by atoms with Gasteiger partial charge in [0, 0.05) is 23.2 Å². The number of fused-ring (bicyclic) bond motifs is 1. The van der Waals surface area contributed by atoms with Gasteiger partial charge in [-0.1, -0.05) is 22.0 Å². The molecule has 0 amide bonds. The number of hydrogen-bond donors (Lipinski definition) is 0. The van der Waals surface area contributed by atoms with Gasteiger partial charge in [-0.15, -0.1) is 0 Å². The van der Waals surface area contributed by atoms with Crippen LogP contribution in [0.4, 0.5) is 5.69 Å². The molecule has 1 fully saturated rings. The van der Waals surface area contributed by atoms with Gasteiger partial charge in [0.25, 0.3) is 0 Å². The number of hydrogen-bond acceptors (Lipinski definition) is 2. The molecule has 98 valence electrons. The molecular formula is C15H21BrN2. The van der Waals surface area contributed by atoms with Crippen LogP contribution in [0.3, 0.4) is 0 Å². The summed E-state index contributed by atoms with van der Waals surface area (Å²) in [5.41, 5.74) is 2.95. The standard InChI is InChI=1S/C15H21BrN2/c16-14-5-3-6-15-13(14)7-12-18(15)11-4-10-17-8-1-2-9-17/h3,5-6H,1-2,4,7-12H2. The first-order valence-corrected chi connectivity index (χ1v) is 7.88. The van der Waals surface area contributed by atoms with Crippen molar-refractivity contribution in [3.8, 4) is 0 Å². The second kappa shape index (κ2) is 5.62. The van der Waals surface area contributed by atoms with E-state index in [0.717, 1.165) is 0 Å². The Balaban J connectivity index is 1.54. The number of nitrogens with zero attached hydrogens (tertiary/aromatic N) is 2. The Labute approximate surface area is 118 Å². The van der Waals surface area contributed by atoms with Gasteiger partial charge in [-0.25, -0.2) is 0 Å². The van der Waals surface area contributed by atoms with Crippen LogP contribution in [0.1, 0.15) is 24.8 Å². The number of halogens is 1. The molecule has 2 nitrogen and oxygen atoms in total. The zero-order valence-electron chi connectivity index (χ0n) is 10.9. The molecule has 2 aliphatic rings. The van der Waals surface area contributed by atoms with Crippen molar-refractivity contribution in [3.63, 3.8) is 0 Å². The number of benzene rings is 1. The summed E-state index contributed by atoms with van der Waals surface area (Å²) >= 11 is 3.66. The summed E-state index contributed by atoms with van der Waals surface area (Å²) in [5, 5.41) is 0. The second-order valence-corrected chi connectivity index (χ2v) is 6.23. The lowest BCUT2D eigenvalue weighted by molar-refractivity contribution is 0.335. The lowest BCUT2D eigenvalue weighted by atomic mass is 10.2. The van der Waals surface area contributed by atoms with Crippen LogP contribution in [-0.4, -0.2) is 37.6 Å². The van der Waals surface area contributed by atoms with E-state index in [-0.39, 0.29) is 0 Å². The normalized spacial score (nSPS) is 19.5. The summed E-state index contributed by atoms with van der Waals surface area (Å²) in [6.45, 7) is 6.32. The summed E-state index contributed by atoms with van der Waals surface area (Å²) in [6, 6.07) is 6.58. The van der Waals surface area contributed by atoms with Crippen molar-refractivity contribution in [2.24, 2.45) is 0 Å². The highest BCUT2D eigenvalue weighted by molar-refractivity contribution is 9.10. The highest BCUT2D eigenvalue weighted by Crippen LogP contribution is 2.33. The van der Waals surface area contributed by atoms with Gasteiger partial charge in [0.15, 0.2) is 0 Å². The van der Waals surface area contributed by atoms with E-state index in [1.54, 1.807) is 0 Å². The van der Waals surface area contributed by atoms with E-state index >= 15 is 0 Å². The van der Waals surface area contributed by atoms with Crippen molar-refractivity contribution < 1.29 is 0 Å². The third kappa shape index (κ3) is 2.57. The van der Waals surface area contributed by atoms with Crippen LogP contribution in [-0.2, 0) is 6.42 Å². The van der Waals surface area contributed by atoms with Crippen molar-refractivity contribution in [3.05, 3.63) is 28.2 Å². The van der Waals surface area contributed by atoms with Crippen LogP contribution < -0.4 is 4.90 Å². The molecule has 2 aliphatic heterocycles. The maximum absolute atomic E-state index is 3.66. The molecule has 18 heavy (non-hydrogen) atoms. The van der Waals surface area contributed by atoms with Gasteiger partial charge in [0.2, 0.25) is 0 Å². The Hall–Kier alpha value is -0.540. The molecule has 0 atom stereocenters. The molecule has 1 aromatic rings. The fraction of sp³-hybridized carbons (Fsp3) is 0.600. The first kappa shape index (κ1) is 12.5. The lowest BCUT2D eigenvalue weighted by Crippen LogP contribution is -2.27. The van der Waals surface area contributed by atoms with Crippen LogP contribution >= 0.6 is 15.9 Å². The zero-order chi connectivity index (χ0) is 12.4. The summed E-state index contributed by atoms with van der Waals surface area (Å²) in [4.78, 5) is 5.16. The zero-order valence-corrected chi connectivity index (χ0v) is 12.5. The van der Waals surface area contributed by atoms with Gasteiger partial charge in [-0.3, -0.25) is 0 Å². The van der Waals surface area contributed by atoms with Crippen molar-refractivity contribution >= 4 is 21.6 Å². The number of rotatable bonds is 4. The van der Waals surface area contributed by atoms with Crippen molar-refractivity contribution in [2.45, 2.75) is 25.7 Å². The molecule has 0 aliphatic carbocycles. The van der Waals surface area contributed by atoms with Gasteiger partial charge < -0.3 is 9.80 Å². The van der Waals surface area contributed by atoms with Gasteiger partial charge in [0.05, 0.1) is 0 Å². The fourth-order valence-electron chi connectivity index (χ4n) is 3.18. The number of anilines is 1. The molecule has 1 saturated heterocycles. The third-order valence-corrected chi connectivity index (χ3v) is 4.91. The predicted octanol–water partition coefficient (Wildman–Crippen LogP) is 3.30. The quantitative estimate of drug-likeness (QED) is 0.842. The van der Waals surface area contributed by atoms with E-state index in [1.807, 2.05) is 0 Å². The Kier molecular flexibility index (Phi) is 3.90. The van der Waals surface area contributed by atoms with Gasteiger partial charge in [0.1, 0.15) is 0 Å². The molecule has 1 aromatic carbocycles. The van der Waals surface area contributed by atoms with Crippen LogP contribution in [0, 0.1) is 0 Å². The second-order valence-electron chi connectivity index (χ2n) is 5.38. The van der Waals surface area contributed by atoms with Crippen LogP contribution in [0.25, 0.3) is 0 Å². The summed E-state index contributed by atoms with van der Waals surface area (Å²) < 4.78 is 1.28. The van der Waals surface area contributed by atoms with E-state index in [4.69, 9.17) is 0 Å². The van der Waals surface area contributed by atoms with E-state index in [2.05, 4.69) is 43.9 Å². The van der Waals surface area contributed by atoms with E-state index in [0.29, 0.717) is 0 Å². The minimum atomic E-state index is 1.19. The predicted molar refractivity (Wildman–Crippen MR) is 80.4 cm³/mol. The van der Waals surface area contributed by atoms with Gasteiger partial charge in [-0.05, 0) is 63.0 Å². The maximum Gasteiger partial charge on any atom is 0.0410 e. The van der Waals surface area contributed by atoms with Crippen molar-refractivity contribution in [1.29, 1.82) is 0 Å². The first-order chi connectivity index (χ1) is 8.84. The monoisotopic (exact) mass is 308 g/mol. The van der Waals surface area contributed by atoms with Crippen molar-refractivity contribution in [2.75, 3.05) is 37.6 Å². The molecule has 0 unspecified atom stereocenters. The number of likely N-dealkylation sites (tertiary alicyclic amines) is 1. The molecule has 0 aromatic heterocycles. The Bertz CT molecular complexity index is 413. The van der Waals surface area contributed by atoms with Gasteiger partial charge >= 0.3 is 0 Å². The average molecular weight is 309 g/mol. The summed E-state index contributed by atoms with van der Waals surface area (Å²) in [7, 11) is 0. The summed E-state index contributed by atoms with van der Waals surface area (Å²) in [6.07, 6.45) is 5.30. The van der Waals surface area contributed by atoms with E-state index in [9.17, 15) is 0 Å². The van der Waals surface area contributed by atoms with Gasteiger partial charge in [-0.2, -0.15) is 0 Å². The topological polar surface area (TPSA) is 6.48 Å². The van der Waals surface area contributed by atoms with Crippen LogP contribution in [0.5, 0.6) is 0 Å². The van der Waals surface area contributed by atoms with Crippen LogP contribution in [0.2, 0.25) is 0 Å². The fourth-order valence-corrected chi connectivity index (χ4v) is 3.74. The van der Waals surface area contributed by atoms with E-state index < -0.39 is 0 Å². The summed E-state index contributed by atoms with van der Waals surface area (Å²) in [5.74, 6) is 0. The van der Waals surface area contributed by atoms with Crippen LogP contribution in [0.15, 0.2) is 22.7 Å². The Morgan fingerprint density at radius 2 is 1.89 bits per heavy atom. The molecule has 3 heteroatoms. The highest BCUT2D eigenvalue weighted by atomic mass is 79.9. The first-order valence-electron chi connectivity index (χ1n) is 7.09.